The zero-order valence-corrected chi connectivity index (χ0v) is 21.5. The van der Waals surface area contributed by atoms with E-state index in [9.17, 15) is 17.2 Å². The summed E-state index contributed by atoms with van der Waals surface area (Å²) in [5.41, 5.74) is 4.31. The number of nitrogens with zero attached hydrogens (tertiary/aromatic N) is 3. The van der Waals surface area contributed by atoms with E-state index in [4.69, 9.17) is 4.74 Å². The Morgan fingerprint density at radius 2 is 1.92 bits per heavy atom. The zero-order chi connectivity index (χ0) is 26.2. The summed E-state index contributed by atoms with van der Waals surface area (Å²) in [7, 11) is -3.62. The van der Waals surface area contributed by atoms with Crippen molar-refractivity contribution in [2.75, 3.05) is 18.2 Å². The van der Waals surface area contributed by atoms with Crippen LogP contribution in [-0.2, 0) is 27.4 Å². The molecular weight excluding hydrogens is 498 g/mol. The first-order valence-electron chi connectivity index (χ1n) is 12.2. The third-order valence-electron chi connectivity index (χ3n) is 6.51. The number of sulfone groups is 1. The van der Waals surface area contributed by atoms with E-state index in [1.807, 2.05) is 31.2 Å². The van der Waals surface area contributed by atoms with Crippen molar-refractivity contribution >= 4 is 32.6 Å². The summed E-state index contributed by atoms with van der Waals surface area (Å²) in [6, 6.07) is 12.6. The largest absolute Gasteiger partial charge is 0.374 e. The number of hydrogen-bond acceptors (Lipinski definition) is 7. The van der Waals surface area contributed by atoms with E-state index in [0.717, 1.165) is 42.5 Å². The molecule has 0 radical (unpaired) electrons. The van der Waals surface area contributed by atoms with Crippen LogP contribution >= 0.6 is 0 Å². The molecule has 0 aliphatic carbocycles. The van der Waals surface area contributed by atoms with E-state index in [-0.39, 0.29) is 23.1 Å². The van der Waals surface area contributed by atoms with Gasteiger partial charge in [0.05, 0.1) is 33.8 Å². The predicted octanol–water partition coefficient (Wildman–Crippen LogP) is 5.66. The number of aryl methyl sites for hydroxylation is 1. The maximum Gasteiger partial charge on any atom is 0.277 e. The Morgan fingerprint density at radius 3 is 2.62 bits per heavy atom. The van der Waals surface area contributed by atoms with Gasteiger partial charge in [0.15, 0.2) is 9.84 Å². The molecule has 37 heavy (non-hydrogen) atoms. The second-order valence-corrected chi connectivity index (χ2v) is 11.5. The minimum absolute atomic E-state index is 0.0618. The lowest BCUT2D eigenvalue weighted by molar-refractivity contribution is 0.0148. The first kappa shape index (κ1) is 25.4. The molecule has 3 aromatic rings. The molecule has 0 amide bonds. The first-order valence-corrected chi connectivity index (χ1v) is 14.1. The Balaban J connectivity index is 1.55. The molecule has 4 heterocycles. The Morgan fingerprint density at radius 1 is 1.08 bits per heavy atom. The number of alkyl halides is 2. The number of aromatic nitrogens is 2. The number of fused-ring (bicyclic) bond motifs is 1. The van der Waals surface area contributed by atoms with Crippen LogP contribution in [0.3, 0.4) is 0 Å². The molecule has 2 aromatic heterocycles. The standard InChI is InChI=1S/C27H28F2N4O3S/c1-16-6-5-7-18(30-16)13-19-14-21(26-22(31-19)15-23(33-26)27(28)29)32-20-10-9-17(12-25(20)37(2,34)35)24-8-3-4-11-36-24/h5-7,9-10,12,14,24,27H,3-4,8,11,13,15H2,1-2H3,(H,31,32)/t24-/m0/s1. The third-order valence-corrected chi connectivity index (χ3v) is 7.64. The molecule has 0 bridgehead atoms. The van der Waals surface area contributed by atoms with Crippen LogP contribution in [0.1, 0.15) is 53.7 Å². The van der Waals surface area contributed by atoms with Crippen LogP contribution in [0, 0.1) is 6.92 Å². The molecule has 1 N–H and O–H groups in total. The van der Waals surface area contributed by atoms with Gasteiger partial charge < -0.3 is 10.1 Å². The smallest absolute Gasteiger partial charge is 0.277 e. The monoisotopic (exact) mass is 526 g/mol. The fourth-order valence-electron chi connectivity index (χ4n) is 4.74. The van der Waals surface area contributed by atoms with Crippen LogP contribution in [0.4, 0.5) is 25.8 Å². The number of aliphatic imine (C=N–C) groups is 1. The normalized spacial score (nSPS) is 17.5. The SMILES string of the molecule is Cc1cccc(Cc2cc(Nc3ccc([C@@H]4CCCCO4)cc3S(C)(=O)=O)c3c(n2)CC(C(F)F)=N3)n1. The molecule has 1 atom stereocenters. The molecule has 5 rings (SSSR count). The van der Waals surface area contributed by atoms with E-state index < -0.39 is 16.3 Å². The van der Waals surface area contributed by atoms with Gasteiger partial charge in [-0.05, 0) is 62.1 Å². The van der Waals surface area contributed by atoms with Crippen molar-refractivity contribution < 1.29 is 21.9 Å². The molecule has 0 spiro atoms. The highest BCUT2D eigenvalue weighted by Gasteiger charge is 2.27. The number of benzene rings is 1. The highest BCUT2D eigenvalue weighted by molar-refractivity contribution is 7.90. The minimum atomic E-state index is -3.62. The van der Waals surface area contributed by atoms with Crippen molar-refractivity contribution in [3.8, 4) is 0 Å². The van der Waals surface area contributed by atoms with Gasteiger partial charge in [-0.3, -0.25) is 9.97 Å². The number of anilines is 2. The Kier molecular flexibility index (Phi) is 7.04. The molecule has 194 valence electrons. The summed E-state index contributed by atoms with van der Waals surface area (Å²) in [5, 5.41) is 3.17. The van der Waals surface area contributed by atoms with Crippen molar-refractivity contribution in [3.05, 3.63) is 70.8 Å². The second-order valence-electron chi connectivity index (χ2n) is 9.49. The minimum Gasteiger partial charge on any atom is -0.374 e. The average Bonchev–Trinajstić information content (AvgIpc) is 3.29. The fraction of sp³-hybridized carbons (Fsp3) is 0.370. The number of ether oxygens (including phenoxy) is 1. The Bertz CT molecular complexity index is 1470. The van der Waals surface area contributed by atoms with Gasteiger partial charge in [0.2, 0.25) is 0 Å². The van der Waals surface area contributed by atoms with Gasteiger partial charge in [0.25, 0.3) is 6.43 Å². The molecule has 7 nitrogen and oxygen atoms in total. The van der Waals surface area contributed by atoms with Gasteiger partial charge in [0.1, 0.15) is 5.69 Å². The van der Waals surface area contributed by atoms with Crippen LogP contribution in [-0.4, -0.2) is 43.4 Å². The summed E-state index contributed by atoms with van der Waals surface area (Å²) in [6.45, 7) is 2.54. The number of halogens is 2. The molecule has 1 saturated heterocycles. The van der Waals surface area contributed by atoms with E-state index >= 15 is 0 Å². The van der Waals surface area contributed by atoms with Gasteiger partial charge in [0, 0.05) is 42.8 Å². The number of nitrogens with one attached hydrogen (secondary N) is 1. The Labute approximate surface area is 215 Å². The number of hydrogen-bond donors (Lipinski definition) is 1. The average molecular weight is 527 g/mol. The van der Waals surface area contributed by atoms with Crippen LogP contribution in [0.5, 0.6) is 0 Å². The van der Waals surface area contributed by atoms with Gasteiger partial charge in [-0.1, -0.05) is 12.1 Å². The molecular formula is C27H28F2N4O3S. The van der Waals surface area contributed by atoms with Crippen LogP contribution in [0.15, 0.2) is 52.4 Å². The maximum absolute atomic E-state index is 13.5. The third kappa shape index (κ3) is 5.70. The highest BCUT2D eigenvalue weighted by Crippen LogP contribution is 2.39. The van der Waals surface area contributed by atoms with Crippen molar-refractivity contribution in [1.29, 1.82) is 0 Å². The molecule has 2 aliphatic heterocycles. The van der Waals surface area contributed by atoms with Crippen LogP contribution in [0.2, 0.25) is 0 Å². The molecule has 10 heteroatoms. The van der Waals surface area contributed by atoms with E-state index in [0.29, 0.717) is 41.5 Å². The van der Waals surface area contributed by atoms with E-state index in [1.54, 1.807) is 18.2 Å². The Hall–Kier alpha value is -3.24. The summed E-state index contributed by atoms with van der Waals surface area (Å²) in [4.78, 5) is 13.4. The van der Waals surface area contributed by atoms with Crippen molar-refractivity contribution in [1.82, 2.24) is 9.97 Å². The maximum atomic E-state index is 13.5. The summed E-state index contributed by atoms with van der Waals surface area (Å²) < 4.78 is 58.4. The lowest BCUT2D eigenvalue weighted by Crippen LogP contribution is -2.13. The van der Waals surface area contributed by atoms with Crippen LogP contribution in [0.25, 0.3) is 0 Å². The van der Waals surface area contributed by atoms with E-state index in [2.05, 4.69) is 20.3 Å². The predicted molar refractivity (Wildman–Crippen MR) is 138 cm³/mol. The molecule has 2 aliphatic rings. The van der Waals surface area contributed by atoms with Crippen molar-refractivity contribution in [3.63, 3.8) is 0 Å². The summed E-state index contributed by atoms with van der Waals surface area (Å²) >= 11 is 0. The number of rotatable bonds is 7. The fourth-order valence-corrected chi connectivity index (χ4v) is 5.61. The quantitative estimate of drug-likeness (QED) is 0.427. The second kappa shape index (κ2) is 10.3. The first-order chi connectivity index (χ1) is 17.7. The summed E-state index contributed by atoms with van der Waals surface area (Å²) in [5.74, 6) is 0. The summed E-state index contributed by atoms with van der Waals surface area (Å²) in [6.07, 6.45) is 1.46. The van der Waals surface area contributed by atoms with E-state index in [1.165, 1.54) is 0 Å². The van der Waals surface area contributed by atoms with Crippen molar-refractivity contribution in [2.45, 2.75) is 56.5 Å². The van der Waals surface area contributed by atoms with Gasteiger partial charge >= 0.3 is 0 Å². The lowest BCUT2D eigenvalue weighted by Gasteiger charge is -2.24. The van der Waals surface area contributed by atoms with Gasteiger partial charge in [-0.15, -0.1) is 0 Å². The molecule has 1 aromatic carbocycles. The zero-order valence-electron chi connectivity index (χ0n) is 20.7. The molecule has 0 saturated carbocycles. The highest BCUT2D eigenvalue weighted by atomic mass is 32.2. The van der Waals surface area contributed by atoms with Crippen molar-refractivity contribution in [2.24, 2.45) is 4.99 Å². The number of pyridine rings is 2. The van der Waals surface area contributed by atoms with Gasteiger partial charge in [-0.25, -0.2) is 22.2 Å². The molecule has 0 unspecified atom stereocenters. The topological polar surface area (TPSA) is 93.5 Å². The molecule has 1 fully saturated rings. The van der Waals surface area contributed by atoms with Gasteiger partial charge in [-0.2, -0.15) is 0 Å². The van der Waals surface area contributed by atoms with Crippen LogP contribution < -0.4 is 5.32 Å². The lowest BCUT2D eigenvalue weighted by atomic mass is 10.0.